The van der Waals surface area contributed by atoms with Crippen LogP contribution in [0.3, 0.4) is 0 Å². The third-order valence-corrected chi connectivity index (χ3v) is 0. The second kappa shape index (κ2) is 20.2. The molecule has 0 rings (SSSR count). The van der Waals surface area contributed by atoms with Gasteiger partial charge in [0.25, 0.3) is 0 Å². The molecular formula is F2NaY+2. The van der Waals surface area contributed by atoms with Crippen molar-refractivity contribution in [2.75, 3.05) is 0 Å². The fraction of sp³-hybridized carbons (Fsp3) is 0. The molecule has 16 valence electrons. The van der Waals surface area contributed by atoms with E-state index in [0.717, 1.165) is 0 Å². The van der Waals surface area contributed by atoms with Gasteiger partial charge in [0.2, 0.25) is 0 Å². The molecule has 0 aliphatic carbocycles. The second-order valence-electron chi connectivity index (χ2n) is 0. The minimum absolute atomic E-state index is 0. The molecule has 0 N–H and O–H groups in total. The Labute approximate surface area is 70.6 Å². The van der Waals surface area contributed by atoms with E-state index in [1.165, 1.54) is 0 Å². The van der Waals surface area contributed by atoms with E-state index in [1.807, 2.05) is 0 Å². The van der Waals surface area contributed by atoms with Gasteiger partial charge in [0.15, 0.2) is 0 Å². The van der Waals surface area contributed by atoms with Crippen LogP contribution in [0.1, 0.15) is 0 Å². The van der Waals surface area contributed by atoms with Gasteiger partial charge in [-0.1, -0.05) is 0 Å². The van der Waals surface area contributed by atoms with Gasteiger partial charge in [-0.3, -0.25) is 0 Å². The number of halogens is 2. The smallest absolute Gasteiger partial charge is 1.00 e. The van der Waals surface area contributed by atoms with Crippen LogP contribution in [-0.4, -0.2) is 0 Å². The van der Waals surface area contributed by atoms with Crippen LogP contribution >= 0.6 is 0 Å². The van der Waals surface area contributed by atoms with Crippen molar-refractivity contribution in [3.8, 4) is 0 Å². The van der Waals surface area contributed by atoms with E-state index in [0.29, 0.717) is 0 Å². The topological polar surface area (TPSA) is 0 Å². The molecule has 4 heteroatoms. The van der Waals surface area contributed by atoms with Crippen molar-refractivity contribution < 1.29 is 71.7 Å². The zero-order chi connectivity index (χ0) is 0. The molecule has 4 heavy (non-hydrogen) atoms. The first-order valence-corrected chi connectivity index (χ1v) is 0. The Morgan fingerprint density at radius 1 is 0.750 bits per heavy atom. The predicted molar refractivity (Wildman–Crippen MR) is 0 cm³/mol. The Hall–Kier alpha value is 1.96. The zero-order valence-electron chi connectivity index (χ0n) is 2.33. The van der Waals surface area contributed by atoms with Crippen molar-refractivity contribution in [3.63, 3.8) is 0 Å². The second-order valence-corrected chi connectivity index (χ2v) is 0. The predicted octanol–water partition coefficient (Wildman–Crippen LogP) is -8.99. The Balaban J connectivity index is 0. The first-order valence-electron chi connectivity index (χ1n) is 0. The molecule has 0 nitrogen and oxygen atoms in total. The molecule has 0 unspecified atom stereocenters. The van der Waals surface area contributed by atoms with Gasteiger partial charge >= 0.3 is 62.3 Å². The number of hydrogen-bond donors (Lipinski definition) is 0. The van der Waals surface area contributed by atoms with Gasteiger partial charge < -0.3 is 9.41 Å². The molecule has 0 saturated carbocycles. The third-order valence-electron chi connectivity index (χ3n) is 0. The molecule has 0 aliphatic heterocycles. The van der Waals surface area contributed by atoms with Gasteiger partial charge in [-0.2, -0.15) is 0 Å². The number of rotatable bonds is 0. The average Bonchev–Trinajstić information content (AvgIpc) is 0. The molecule has 0 amide bonds. The van der Waals surface area contributed by atoms with Crippen molar-refractivity contribution in [1.29, 1.82) is 0 Å². The van der Waals surface area contributed by atoms with Crippen molar-refractivity contribution in [1.82, 2.24) is 0 Å². The van der Waals surface area contributed by atoms with Crippen LogP contribution in [0.2, 0.25) is 0 Å². The van der Waals surface area contributed by atoms with E-state index in [2.05, 4.69) is 0 Å². The Morgan fingerprint density at radius 2 is 0.750 bits per heavy atom. The van der Waals surface area contributed by atoms with Crippen LogP contribution < -0.4 is 39.0 Å². The summed E-state index contributed by atoms with van der Waals surface area (Å²) in [6.45, 7) is 0. The van der Waals surface area contributed by atoms with Crippen LogP contribution in [0.4, 0.5) is 0 Å². The maximum Gasteiger partial charge on any atom is 3.00 e. The quantitative estimate of drug-likeness (QED) is 0.301. The summed E-state index contributed by atoms with van der Waals surface area (Å²) in [6.07, 6.45) is 0. The van der Waals surface area contributed by atoms with Gasteiger partial charge in [-0.25, -0.2) is 0 Å². The molecule has 0 aromatic rings. The molecule has 0 bridgehead atoms. The minimum Gasteiger partial charge on any atom is -1.00 e. The number of hydrogen-bond acceptors (Lipinski definition) is 0. The summed E-state index contributed by atoms with van der Waals surface area (Å²) >= 11 is 0. The fourth-order valence-electron chi connectivity index (χ4n) is 0. The molecule has 0 radical (unpaired) electrons. The summed E-state index contributed by atoms with van der Waals surface area (Å²) in [5.41, 5.74) is 0. The Kier molecular flexibility index (Phi) is 193. The van der Waals surface area contributed by atoms with Crippen LogP contribution in [-0.2, 0) is 32.7 Å². The van der Waals surface area contributed by atoms with Crippen LogP contribution in [0, 0.1) is 0 Å². The summed E-state index contributed by atoms with van der Waals surface area (Å²) in [6, 6.07) is 0. The van der Waals surface area contributed by atoms with E-state index in [1.54, 1.807) is 0 Å². The molecule has 0 aliphatic rings. The largest absolute Gasteiger partial charge is 3.00 e. The van der Waals surface area contributed by atoms with Crippen LogP contribution in [0.15, 0.2) is 0 Å². The van der Waals surface area contributed by atoms with E-state index in [9.17, 15) is 0 Å². The normalized spacial score (nSPS) is 0. The van der Waals surface area contributed by atoms with Crippen molar-refractivity contribution >= 4 is 0 Å². The summed E-state index contributed by atoms with van der Waals surface area (Å²) < 4.78 is 0. The summed E-state index contributed by atoms with van der Waals surface area (Å²) in [7, 11) is 0. The summed E-state index contributed by atoms with van der Waals surface area (Å²) in [5.74, 6) is 0. The monoisotopic (exact) mass is 150 g/mol. The van der Waals surface area contributed by atoms with Crippen molar-refractivity contribution in [2.45, 2.75) is 0 Å². The molecular weight excluding hydrogens is 150 g/mol. The van der Waals surface area contributed by atoms with Crippen LogP contribution in [0.25, 0.3) is 0 Å². The summed E-state index contributed by atoms with van der Waals surface area (Å²) in [4.78, 5) is 0. The molecule has 0 aromatic heterocycles. The van der Waals surface area contributed by atoms with Gasteiger partial charge in [0.1, 0.15) is 0 Å². The standard InChI is InChI=1S/2FH.Na.Y/h2*1H;;/q;;+1;+3/p-2. The van der Waals surface area contributed by atoms with Gasteiger partial charge in [0.05, 0.1) is 0 Å². The SMILES string of the molecule is [F-].[F-].[Na+].[Y+3]. The van der Waals surface area contributed by atoms with Gasteiger partial charge in [-0.05, 0) is 0 Å². The summed E-state index contributed by atoms with van der Waals surface area (Å²) in [5, 5.41) is 0. The average molecular weight is 150 g/mol. The van der Waals surface area contributed by atoms with E-state index >= 15 is 0 Å². The van der Waals surface area contributed by atoms with Gasteiger partial charge in [-0.15, -0.1) is 0 Å². The van der Waals surface area contributed by atoms with Crippen LogP contribution in [0.5, 0.6) is 0 Å². The molecule has 0 heterocycles. The van der Waals surface area contributed by atoms with E-state index in [-0.39, 0.29) is 71.7 Å². The molecule has 0 aromatic carbocycles. The first kappa shape index (κ1) is 38.1. The van der Waals surface area contributed by atoms with E-state index in [4.69, 9.17) is 0 Å². The van der Waals surface area contributed by atoms with E-state index < -0.39 is 0 Å². The Bertz CT molecular complexity index is 6.00. The Morgan fingerprint density at radius 3 is 0.750 bits per heavy atom. The fourth-order valence-corrected chi connectivity index (χ4v) is 0. The first-order chi connectivity index (χ1) is 0. The molecule has 0 atom stereocenters. The third kappa shape index (κ3) is 9.03. The molecule has 0 saturated heterocycles. The van der Waals surface area contributed by atoms with Crippen molar-refractivity contribution in [3.05, 3.63) is 0 Å². The van der Waals surface area contributed by atoms with Gasteiger partial charge in [0, 0.05) is 0 Å². The zero-order valence-corrected chi connectivity index (χ0v) is 7.17. The molecule has 0 fully saturated rings. The maximum absolute atomic E-state index is 0. The minimum atomic E-state index is 0. The molecule has 0 spiro atoms. The van der Waals surface area contributed by atoms with Crippen molar-refractivity contribution in [2.24, 2.45) is 0 Å². The maximum atomic E-state index is 0.